The van der Waals surface area contributed by atoms with Crippen LogP contribution in [-0.2, 0) is 14.8 Å². The lowest BCUT2D eigenvalue weighted by Gasteiger charge is -2.24. The Bertz CT molecular complexity index is 1360. The summed E-state index contributed by atoms with van der Waals surface area (Å²) >= 11 is 1.52. The Kier molecular flexibility index (Phi) is 9.60. The lowest BCUT2D eigenvalue weighted by Crippen LogP contribution is -2.39. The SMILES string of the molecule is CC/C(=N/NC(=O)CN(c1ccc(C)cc1)S(=O)(=O)c1ccc(SC)cc1)c1ccc(OC)c(OC)c1. The van der Waals surface area contributed by atoms with Crippen LogP contribution in [0, 0.1) is 6.92 Å². The van der Waals surface area contributed by atoms with Gasteiger partial charge in [-0.2, -0.15) is 5.10 Å². The number of nitrogens with one attached hydrogen (secondary N) is 1. The molecule has 0 radical (unpaired) electrons. The molecule has 0 aliphatic rings. The van der Waals surface area contributed by atoms with E-state index < -0.39 is 22.5 Å². The average Bonchev–Trinajstić information content (AvgIpc) is 2.92. The fourth-order valence-electron chi connectivity index (χ4n) is 3.56. The van der Waals surface area contributed by atoms with Gasteiger partial charge in [-0.05, 0) is 74.2 Å². The van der Waals surface area contributed by atoms with Gasteiger partial charge in [-0.1, -0.05) is 24.6 Å². The van der Waals surface area contributed by atoms with Crippen LogP contribution in [0.2, 0.25) is 0 Å². The van der Waals surface area contributed by atoms with E-state index in [9.17, 15) is 13.2 Å². The Morgan fingerprint density at radius 3 is 2.19 bits per heavy atom. The molecule has 8 nitrogen and oxygen atoms in total. The Labute approximate surface area is 222 Å². The molecule has 0 spiro atoms. The maximum Gasteiger partial charge on any atom is 0.264 e. The van der Waals surface area contributed by atoms with E-state index in [1.807, 2.05) is 26.2 Å². The number of carbonyl (C=O) groups is 1. The third-order valence-corrected chi connectivity index (χ3v) is 8.16. The number of methoxy groups -OCH3 is 2. The molecule has 196 valence electrons. The van der Waals surface area contributed by atoms with Gasteiger partial charge in [-0.15, -0.1) is 11.8 Å². The largest absolute Gasteiger partial charge is 0.493 e. The van der Waals surface area contributed by atoms with Crippen LogP contribution in [0.15, 0.2) is 81.6 Å². The smallest absolute Gasteiger partial charge is 0.264 e. The Hall–Kier alpha value is -3.50. The molecule has 0 fully saturated rings. The number of anilines is 1. The number of hydrogen-bond donors (Lipinski definition) is 1. The molecule has 1 N–H and O–H groups in total. The monoisotopic (exact) mass is 541 g/mol. The van der Waals surface area contributed by atoms with Gasteiger partial charge >= 0.3 is 0 Å². The quantitative estimate of drug-likeness (QED) is 0.212. The summed E-state index contributed by atoms with van der Waals surface area (Å²) in [5.74, 6) is 0.545. The van der Waals surface area contributed by atoms with Gasteiger partial charge < -0.3 is 9.47 Å². The van der Waals surface area contributed by atoms with E-state index in [4.69, 9.17) is 9.47 Å². The van der Waals surface area contributed by atoms with Crippen LogP contribution in [0.4, 0.5) is 5.69 Å². The van der Waals surface area contributed by atoms with Crippen molar-refractivity contribution in [1.82, 2.24) is 5.43 Å². The van der Waals surface area contributed by atoms with Crippen molar-refractivity contribution in [3.63, 3.8) is 0 Å². The number of hydrogen-bond acceptors (Lipinski definition) is 7. The van der Waals surface area contributed by atoms with Gasteiger partial charge in [0.2, 0.25) is 0 Å². The first-order chi connectivity index (χ1) is 17.7. The molecule has 0 aliphatic heterocycles. The van der Waals surface area contributed by atoms with Crippen molar-refractivity contribution in [3.05, 3.63) is 77.9 Å². The lowest BCUT2D eigenvalue weighted by atomic mass is 10.1. The van der Waals surface area contributed by atoms with E-state index in [0.717, 1.165) is 20.3 Å². The second kappa shape index (κ2) is 12.6. The highest BCUT2D eigenvalue weighted by atomic mass is 32.2. The van der Waals surface area contributed by atoms with Gasteiger partial charge in [-0.3, -0.25) is 9.10 Å². The summed E-state index contributed by atoms with van der Waals surface area (Å²) in [6.45, 7) is 3.37. The van der Waals surface area contributed by atoms with Gasteiger partial charge in [0.1, 0.15) is 6.54 Å². The summed E-state index contributed by atoms with van der Waals surface area (Å²) < 4.78 is 38.9. The minimum Gasteiger partial charge on any atom is -0.493 e. The molecular weight excluding hydrogens is 510 g/mol. The number of nitrogens with zero attached hydrogens (tertiary/aromatic N) is 2. The maximum absolute atomic E-state index is 13.6. The molecule has 0 saturated carbocycles. The number of amides is 1. The van der Waals surface area contributed by atoms with Crippen LogP contribution in [0.5, 0.6) is 11.5 Å². The lowest BCUT2D eigenvalue weighted by molar-refractivity contribution is -0.119. The zero-order valence-corrected chi connectivity index (χ0v) is 23.2. The van der Waals surface area contributed by atoms with Crippen molar-refractivity contribution >= 4 is 39.1 Å². The first-order valence-electron chi connectivity index (χ1n) is 11.5. The topological polar surface area (TPSA) is 97.3 Å². The van der Waals surface area contributed by atoms with E-state index >= 15 is 0 Å². The molecule has 0 saturated heterocycles. The van der Waals surface area contributed by atoms with Crippen LogP contribution in [-0.4, -0.2) is 47.1 Å². The molecule has 3 aromatic rings. The van der Waals surface area contributed by atoms with Crippen molar-refractivity contribution in [2.75, 3.05) is 31.3 Å². The minimum absolute atomic E-state index is 0.0988. The van der Waals surface area contributed by atoms with Gasteiger partial charge in [0.15, 0.2) is 11.5 Å². The fraction of sp³-hybridized carbons (Fsp3) is 0.259. The molecule has 3 aromatic carbocycles. The van der Waals surface area contributed by atoms with Crippen molar-refractivity contribution in [3.8, 4) is 11.5 Å². The van der Waals surface area contributed by atoms with Crippen molar-refractivity contribution < 1.29 is 22.7 Å². The number of hydrazone groups is 1. The van der Waals surface area contributed by atoms with Crippen LogP contribution in [0.1, 0.15) is 24.5 Å². The molecule has 3 rings (SSSR count). The molecule has 0 bridgehead atoms. The highest BCUT2D eigenvalue weighted by Crippen LogP contribution is 2.28. The van der Waals surface area contributed by atoms with Gasteiger partial charge in [0.05, 0.1) is 30.5 Å². The number of carbonyl (C=O) groups excluding carboxylic acids is 1. The number of thioether (sulfide) groups is 1. The predicted octanol–water partition coefficient (Wildman–Crippen LogP) is 4.86. The van der Waals surface area contributed by atoms with E-state index in [0.29, 0.717) is 29.3 Å². The third kappa shape index (κ3) is 6.84. The summed E-state index contributed by atoms with van der Waals surface area (Å²) in [5, 5.41) is 4.28. The molecule has 37 heavy (non-hydrogen) atoms. The molecule has 0 aliphatic carbocycles. The Morgan fingerprint density at radius 1 is 0.973 bits per heavy atom. The molecule has 0 unspecified atom stereocenters. The number of rotatable bonds is 11. The van der Waals surface area contributed by atoms with Crippen molar-refractivity contribution in [1.29, 1.82) is 0 Å². The van der Waals surface area contributed by atoms with E-state index in [1.54, 1.807) is 74.9 Å². The van der Waals surface area contributed by atoms with Gasteiger partial charge in [0, 0.05) is 10.5 Å². The molecule has 0 atom stereocenters. The Morgan fingerprint density at radius 2 is 1.62 bits per heavy atom. The minimum atomic E-state index is -4.02. The number of ether oxygens (including phenoxy) is 2. The Balaban J connectivity index is 1.89. The van der Waals surface area contributed by atoms with Crippen LogP contribution in [0.25, 0.3) is 0 Å². The normalized spacial score (nSPS) is 11.6. The standard InChI is InChI=1S/C27H31N3O5S2/c1-6-24(20-9-16-25(34-3)26(17-20)35-4)28-29-27(31)18-30(21-10-7-19(2)8-11-21)37(32,33)23-14-12-22(36-5)13-15-23/h7-17H,6,18H2,1-5H3,(H,29,31)/b28-24-. The maximum atomic E-state index is 13.6. The zero-order chi connectivity index (χ0) is 27.0. The third-order valence-electron chi connectivity index (χ3n) is 5.62. The molecule has 0 aromatic heterocycles. The first kappa shape index (κ1) is 28.1. The first-order valence-corrected chi connectivity index (χ1v) is 14.2. The summed E-state index contributed by atoms with van der Waals surface area (Å²) in [6.07, 6.45) is 2.44. The second-order valence-electron chi connectivity index (χ2n) is 8.04. The van der Waals surface area contributed by atoms with E-state index in [1.165, 1.54) is 11.8 Å². The van der Waals surface area contributed by atoms with Crippen LogP contribution >= 0.6 is 11.8 Å². The van der Waals surface area contributed by atoms with Crippen molar-refractivity contribution in [2.45, 2.75) is 30.1 Å². The van der Waals surface area contributed by atoms with E-state index in [2.05, 4.69) is 10.5 Å². The zero-order valence-electron chi connectivity index (χ0n) is 21.5. The molecule has 0 heterocycles. The number of aryl methyl sites for hydroxylation is 1. The summed E-state index contributed by atoms with van der Waals surface area (Å²) in [6, 6.07) is 18.9. The molecule has 10 heteroatoms. The molecule has 1 amide bonds. The average molecular weight is 542 g/mol. The summed E-state index contributed by atoms with van der Waals surface area (Å²) in [7, 11) is -0.920. The number of sulfonamides is 1. The highest BCUT2D eigenvalue weighted by molar-refractivity contribution is 7.98. The highest BCUT2D eigenvalue weighted by Gasteiger charge is 2.27. The summed E-state index contributed by atoms with van der Waals surface area (Å²) in [5.41, 5.74) is 5.23. The molecular formula is C27H31N3O5S2. The van der Waals surface area contributed by atoms with Gasteiger partial charge in [-0.25, -0.2) is 13.8 Å². The van der Waals surface area contributed by atoms with Crippen LogP contribution < -0.4 is 19.2 Å². The second-order valence-corrected chi connectivity index (χ2v) is 10.8. The fourth-order valence-corrected chi connectivity index (χ4v) is 5.39. The number of benzene rings is 3. The summed E-state index contributed by atoms with van der Waals surface area (Å²) in [4.78, 5) is 14.0. The van der Waals surface area contributed by atoms with Crippen molar-refractivity contribution in [2.24, 2.45) is 5.10 Å². The predicted molar refractivity (Wildman–Crippen MR) is 148 cm³/mol. The van der Waals surface area contributed by atoms with Crippen LogP contribution in [0.3, 0.4) is 0 Å². The van der Waals surface area contributed by atoms with E-state index in [-0.39, 0.29) is 4.90 Å². The van der Waals surface area contributed by atoms with Gasteiger partial charge in [0.25, 0.3) is 15.9 Å².